The smallest absolute Gasteiger partial charge is 0.309 e. The maximum Gasteiger partial charge on any atom is 0.309 e. The van der Waals surface area contributed by atoms with Gasteiger partial charge in [-0.25, -0.2) is 0 Å². The molecule has 88 valence electrons. The number of rotatable bonds is 3. The van der Waals surface area contributed by atoms with E-state index >= 15 is 0 Å². The Labute approximate surface area is 94.5 Å². The quantitative estimate of drug-likeness (QED) is 0.767. The Balaban J connectivity index is 2.40. The molecular formula is C11H13FO3S. The summed E-state index contributed by atoms with van der Waals surface area (Å²) in [6.45, 7) is 2.27. The molecule has 1 aromatic rings. The predicted octanol–water partition coefficient (Wildman–Crippen LogP) is 2.37. The molecule has 0 radical (unpaired) electrons. The van der Waals surface area contributed by atoms with Gasteiger partial charge in [-0.05, 0) is 23.6 Å². The van der Waals surface area contributed by atoms with E-state index in [0.29, 0.717) is 12.2 Å². The molecule has 0 aromatic heterocycles. The molecule has 0 aliphatic carbocycles. The average molecular weight is 244 g/mol. The molecule has 0 amide bonds. The van der Waals surface area contributed by atoms with Gasteiger partial charge in [0.25, 0.3) is 0 Å². The van der Waals surface area contributed by atoms with E-state index in [4.69, 9.17) is 4.74 Å². The lowest BCUT2D eigenvalue weighted by Crippen LogP contribution is -2.07. The summed E-state index contributed by atoms with van der Waals surface area (Å²) in [4.78, 5) is 0. The lowest BCUT2D eigenvalue weighted by atomic mass is 10.0. The molecule has 1 aliphatic heterocycles. The second-order valence-electron chi connectivity index (χ2n) is 3.84. The fraction of sp³-hybridized carbons (Fsp3) is 0.455. The molecule has 0 saturated carbocycles. The molecule has 2 rings (SSSR count). The van der Waals surface area contributed by atoms with Crippen molar-refractivity contribution in [1.29, 1.82) is 0 Å². The third-order valence-electron chi connectivity index (χ3n) is 2.80. The van der Waals surface area contributed by atoms with Crippen molar-refractivity contribution in [3.63, 3.8) is 0 Å². The van der Waals surface area contributed by atoms with Gasteiger partial charge in [0.15, 0.2) is 0 Å². The van der Waals surface area contributed by atoms with Gasteiger partial charge < -0.3 is 4.74 Å². The number of hydrogen-bond acceptors (Lipinski definition) is 3. The molecule has 0 saturated heterocycles. The Hall–Kier alpha value is -1.10. The molecule has 0 spiro atoms. The Morgan fingerprint density at radius 2 is 2.25 bits per heavy atom. The lowest BCUT2D eigenvalue weighted by molar-refractivity contribution is 0.357. The van der Waals surface area contributed by atoms with Crippen LogP contribution < -0.4 is 4.74 Å². The van der Waals surface area contributed by atoms with Crippen molar-refractivity contribution in [2.75, 3.05) is 6.61 Å². The first-order valence-electron chi connectivity index (χ1n) is 5.21. The van der Waals surface area contributed by atoms with E-state index in [1.807, 2.05) is 0 Å². The van der Waals surface area contributed by atoms with E-state index in [9.17, 15) is 12.3 Å². The Morgan fingerprint density at radius 3 is 2.88 bits per heavy atom. The van der Waals surface area contributed by atoms with Crippen LogP contribution in [0.15, 0.2) is 18.2 Å². The Morgan fingerprint density at radius 1 is 1.50 bits per heavy atom. The Kier molecular flexibility index (Phi) is 2.88. The molecule has 5 heteroatoms. The minimum absolute atomic E-state index is 0.235. The molecule has 0 fully saturated rings. The summed E-state index contributed by atoms with van der Waals surface area (Å²) in [6.07, 6.45) is 0.990. The highest BCUT2D eigenvalue weighted by atomic mass is 32.3. The number of fused-ring (bicyclic) bond motifs is 1. The summed E-state index contributed by atoms with van der Waals surface area (Å²) >= 11 is 0. The van der Waals surface area contributed by atoms with Crippen LogP contribution in [-0.4, -0.2) is 15.0 Å². The van der Waals surface area contributed by atoms with E-state index in [2.05, 4.69) is 0 Å². The largest absolute Gasteiger partial charge is 0.493 e. The summed E-state index contributed by atoms with van der Waals surface area (Å²) in [5.74, 6) is 0.773. The van der Waals surface area contributed by atoms with Gasteiger partial charge in [-0.15, -0.1) is 3.89 Å². The summed E-state index contributed by atoms with van der Waals surface area (Å²) in [5.41, 5.74) is 1.47. The standard InChI is InChI=1S/C11H13FO3S/c1-2-11(16(12,13)14)9-3-4-10-8(7-9)5-6-15-10/h3-4,7,11H,2,5-6H2,1H3. The van der Waals surface area contributed by atoms with Crippen molar-refractivity contribution in [1.82, 2.24) is 0 Å². The summed E-state index contributed by atoms with van der Waals surface area (Å²) in [7, 11) is -4.53. The topological polar surface area (TPSA) is 43.4 Å². The number of hydrogen-bond donors (Lipinski definition) is 0. The zero-order valence-electron chi connectivity index (χ0n) is 8.94. The molecule has 1 aliphatic rings. The molecule has 1 unspecified atom stereocenters. The van der Waals surface area contributed by atoms with Crippen LogP contribution in [-0.2, 0) is 16.6 Å². The van der Waals surface area contributed by atoms with Gasteiger partial charge in [0.2, 0.25) is 0 Å². The van der Waals surface area contributed by atoms with Crippen molar-refractivity contribution in [3.05, 3.63) is 29.3 Å². The number of halogens is 1. The highest BCUT2D eigenvalue weighted by Crippen LogP contribution is 2.33. The average Bonchev–Trinajstić information content (AvgIpc) is 2.63. The maximum atomic E-state index is 13.0. The van der Waals surface area contributed by atoms with Crippen LogP contribution in [0.1, 0.15) is 29.7 Å². The van der Waals surface area contributed by atoms with Crippen LogP contribution in [0.5, 0.6) is 5.75 Å². The van der Waals surface area contributed by atoms with E-state index < -0.39 is 15.5 Å². The summed E-state index contributed by atoms with van der Waals surface area (Å²) in [5, 5.41) is -1.06. The van der Waals surface area contributed by atoms with Gasteiger partial charge in [0, 0.05) is 6.42 Å². The van der Waals surface area contributed by atoms with Crippen LogP contribution >= 0.6 is 0 Å². The third kappa shape index (κ3) is 2.04. The molecule has 1 atom stereocenters. The summed E-state index contributed by atoms with van der Waals surface area (Å²) in [6, 6.07) is 5.06. The highest BCUT2D eigenvalue weighted by Gasteiger charge is 2.26. The second kappa shape index (κ2) is 4.05. The van der Waals surface area contributed by atoms with Crippen molar-refractivity contribution >= 4 is 10.2 Å². The van der Waals surface area contributed by atoms with Gasteiger partial charge >= 0.3 is 10.2 Å². The van der Waals surface area contributed by atoms with E-state index in [1.165, 1.54) is 0 Å². The normalized spacial score (nSPS) is 16.6. The zero-order valence-corrected chi connectivity index (χ0v) is 9.76. The maximum absolute atomic E-state index is 13.0. The van der Waals surface area contributed by atoms with Gasteiger partial charge in [0.1, 0.15) is 11.0 Å². The van der Waals surface area contributed by atoms with E-state index in [1.54, 1.807) is 25.1 Å². The minimum Gasteiger partial charge on any atom is -0.493 e. The molecule has 1 aromatic carbocycles. The monoisotopic (exact) mass is 244 g/mol. The van der Waals surface area contributed by atoms with Crippen molar-refractivity contribution in [3.8, 4) is 5.75 Å². The minimum atomic E-state index is -4.53. The first-order chi connectivity index (χ1) is 7.52. The fourth-order valence-electron chi connectivity index (χ4n) is 2.00. The van der Waals surface area contributed by atoms with Gasteiger partial charge in [-0.3, -0.25) is 0 Å². The van der Waals surface area contributed by atoms with Crippen LogP contribution in [0.4, 0.5) is 3.89 Å². The van der Waals surface area contributed by atoms with E-state index in [-0.39, 0.29) is 6.42 Å². The van der Waals surface area contributed by atoms with Crippen LogP contribution in [0.2, 0.25) is 0 Å². The Bertz CT molecular complexity index is 496. The summed E-state index contributed by atoms with van der Waals surface area (Å²) < 4.78 is 40.3. The molecule has 3 nitrogen and oxygen atoms in total. The van der Waals surface area contributed by atoms with E-state index in [0.717, 1.165) is 17.7 Å². The number of ether oxygens (including phenoxy) is 1. The molecule has 1 heterocycles. The van der Waals surface area contributed by atoms with Gasteiger partial charge in [-0.2, -0.15) is 8.42 Å². The lowest BCUT2D eigenvalue weighted by Gasteiger charge is -2.11. The predicted molar refractivity (Wildman–Crippen MR) is 58.7 cm³/mol. The van der Waals surface area contributed by atoms with Crippen molar-refractivity contribution in [2.24, 2.45) is 0 Å². The van der Waals surface area contributed by atoms with Crippen molar-refractivity contribution < 1.29 is 17.0 Å². The molecule has 16 heavy (non-hydrogen) atoms. The first kappa shape index (κ1) is 11.4. The first-order valence-corrected chi connectivity index (χ1v) is 6.66. The van der Waals surface area contributed by atoms with Gasteiger partial charge in [0.05, 0.1) is 6.61 Å². The van der Waals surface area contributed by atoms with Crippen LogP contribution in [0, 0.1) is 0 Å². The second-order valence-corrected chi connectivity index (χ2v) is 5.36. The number of benzene rings is 1. The zero-order chi connectivity index (χ0) is 11.8. The van der Waals surface area contributed by atoms with Crippen LogP contribution in [0.3, 0.4) is 0 Å². The van der Waals surface area contributed by atoms with Crippen molar-refractivity contribution in [2.45, 2.75) is 25.0 Å². The van der Waals surface area contributed by atoms with Crippen LogP contribution in [0.25, 0.3) is 0 Å². The third-order valence-corrected chi connectivity index (χ3v) is 4.08. The fourth-order valence-corrected chi connectivity index (χ4v) is 2.87. The highest BCUT2D eigenvalue weighted by molar-refractivity contribution is 7.86. The molecular weight excluding hydrogens is 231 g/mol. The SMILES string of the molecule is CCC(c1ccc2c(c1)CCO2)S(=O)(=O)F. The van der Waals surface area contributed by atoms with Gasteiger partial charge in [-0.1, -0.05) is 19.1 Å². The molecule has 0 N–H and O–H groups in total. The molecule has 0 bridgehead atoms.